The predicted molar refractivity (Wildman–Crippen MR) is 120 cm³/mol. The summed E-state index contributed by atoms with van der Waals surface area (Å²) in [6, 6.07) is 15.4. The van der Waals surface area contributed by atoms with Gasteiger partial charge in [0, 0.05) is 19.0 Å². The van der Waals surface area contributed by atoms with Gasteiger partial charge in [-0.15, -0.1) is 0 Å². The minimum absolute atomic E-state index is 0.00681. The van der Waals surface area contributed by atoms with Crippen LogP contribution >= 0.6 is 0 Å². The molecule has 1 heterocycles. The fourth-order valence-electron chi connectivity index (χ4n) is 3.55. The fourth-order valence-corrected chi connectivity index (χ4v) is 3.55. The second kappa shape index (κ2) is 9.57. The number of nitrogens with zero attached hydrogens (tertiary/aromatic N) is 2. The van der Waals surface area contributed by atoms with Crippen LogP contribution < -0.4 is 16.6 Å². The maximum absolute atomic E-state index is 13.2. The van der Waals surface area contributed by atoms with Crippen molar-refractivity contribution in [1.82, 2.24) is 14.5 Å². The molecular formula is C24H29N3O3. The van der Waals surface area contributed by atoms with E-state index in [-0.39, 0.29) is 23.2 Å². The molecule has 0 atom stereocenters. The summed E-state index contributed by atoms with van der Waals surface area (Å²) >= 11 is 0. The van der Waals surface area contributed by atoms with Gasteiger partial charge in [0.1, 0.15) is 0 Å². The number of benzene rings is 2. The zero-order chi connectivity index (χ0) is 21.7. The molecule has 0 radical (unpaired) electrons. The van der Waals surface area contributed by atoms with E-state index in [1.165, 1.54) is 4.57 Å². The Bertz CT molecular complexity index is 1140. The number of hydrogen-bond donors (Lipinski definition) is 1. The van der Waals surface area contributed by atoms with Gasteiger partial charge in [0.15, 0.2) is 0 Å². The first-order chi connectivity index (χ1) is 14.4. The lowest BCUT2D eigenvalue weighted by molar-refractivity contribution is -0.121. The Labute approximate surface area is 176 Å². The van der Waals surface area contributed by atoms with Gasteiger partial charge in [0.05, 0.1) is 17.4 Å². The highest BCUT2D eigenvalue weighted by Crippen LogP contribution is 2.11. The standard InChI is InChI=1S/C24H29N3O3/c1-17(2)25-22(28)10-6-7-15-26-23(29)20-8-4-5-9-21(20)27(24(26)30)16-19-13-11-18(3)12-14-19/h4-5,8-9,11-14,17H,6-7,10,15-16H2,1-3H3,(H,25,28). The van der Waals surface area contributed by atoms with Crippen LogP contribution in [0.15, 0.2) is 58.1 Å². The van der Waals surface area contributed by atoms with Crippen LogP contribution in [0.1, 0.15) is 44.2 Å². The molecule has 6 heteroatoms. The number of rotatable bonds is 8. The Morgan fingerprint density at radius 1 is 0.967 bits per heavy atom. The van der Waals surface area contributed by atoms with Crippen LogP contribution in [0.2, 0.25) is 0 Å². The molecule has 1 N–H and O–H groups in total. The number of hydrogen-bond acceptors (Lipinski definition) is 3. The third kappa shape index (κ3) is 5.06. The summed E-state index contributed by atoms with van der Waals surface area (Å²) in [6.07, 6.45) is 1.59. The largest absolute Gasteiger partial charge is 0.354 e. The van der Waals surface area contributed by atoms with Crippen molar-refractivity contribution in [3.63, 3.8) is 0 Å². The monoisotopic (exact) mass is 407 g/mol. The number of carbonyl (C=O) groups excluding carboxylic acids is 1. The van der Waals surface area contributed by atoms with Crippen LogP contribution in [0.3, 0.4) is 0 Å². The van der Waals surface area contributed by atoms with Crippen molar-refractivity contribution >= 4 is 16.8 Å². The molecule has 1 amide bonds. The van der Waals surface area contributed by atoms with E-state index in [2.05, 4.69) is 5.32 Å². The number of aryl methyl sites for hydroxylation is 1. The van der Waals surface area contributed by atoms with Crippen molar-refractivity contribution < 1.29 is 4.79 Å². The lowest BCUT2D eigenvalue weighted by atomic mass is 10.1. The summed E-state index contributed by atoms with van der Waals surface area (Å²) < 4.78 is 2.96. The number of amides is 1. The van der Waals surface area contributed by atoms with Crippen LogP contribution in [0.25, 0.3) is 10.9 Å². The minimum atomic E-state index is -0.314. The molecule has 3 rings (SSSR count). The van der Waals surface area contributed by atoms with E-state index in [0.29, 0.717) is 43.3 Å². The third-order valence-electron chi connectivity index (χ3n) is 5.08. The molecule has 6 nitrogen and oxygen atoms in total. The molecule has 0 spiro atoms. The first-order valence-corrected chi connectivity index (χ1v) is 10.4. The van der Waals surface area contributed by atoms with Crippen LogP contribution in [0.5, 0.6) is 0 Å². The summed E-state index contributed by atoms with van der Waals surface area (Å²) in [4.78, 5) is 37.9. The highest BCUT2D eigenvalue weighted by molar-refractivity contribution is 5.78. The van der Waals surface area contributed by atoms with Gasteiger partial charge < -0.3 is 5.32 Å². The molecule has 0 aliphatic rings. The van der Waals surface area contributed by atoms with Gasteiger partial charge in [-0.3, -0.25) is 18.7 Å². The Kier molecular flexibility index (Phi) is 6.87. The van der Waals surface area contributed by atoms with Gasteiger partial charge >= 0.3 is 5.69 Å². The Morgan fingerprint density at radius 3 is 2.37 bits per heavy atom. The first kappa shape index (κ1) is 21.6. The number of fused-ring (bicyclic) bond motifs is 1. The smallest absolute Gasteiger partial charge is 0.331 e. The predicted octanol–water partition coefficient (Wildman–Crippen LogP) is 3.21. The molecule has 0 aliphatic carbocycles. The summed E-state index contributed by atoms with van der Waals surface area (Å²) in [5, 5.41) is 3.38. The zero-order valence-corrected chi connectivity index (χ0v) is 17.9. The normalized spacial score (nSPS) is 11.2. The molecule has 30 heavy (non-hydrogen) atoms. The maximum atomic E-state index is 13.2. The molecule has 1 aromatic heterocycles. The number of unbranched alkanes of at least 4 members (excludes halogenated alkanes) is 1. The van der Waals surface area contributed by atoms with Gasteiger partial charge in [0.25, 0.3) is 5.56 Å². The molecule has 0 unspecified atom stereocenters. The number of carbonyl (C=O) groups is 1. The Morgan fingerprint density at radius 2 is 1.67 bits per heavy atom. The van der Waals surface area contributed by atoms with Crippen molar-refractivity contribution in [2.24, 2.45) is 0 Å². The summed E-state index contributed by atoms with van der Waals surface area (Å²) in [5.74, 6) is -0.00681. The average Bonchev–Trinajstić information content (AvgIpc) is 2.71. The van der Waals surface area contributed by atoms with E-state index >= 15 is 0 Å². The average molecular weight is 408 g/mol. The molecule has 2 aromatic carbocycles. The molecule has 0 bridgehead atoms. The summed E-state index contributed by atoms with van der Waals surface area (Å²) in [7, 11) is 0. The zero-order valence-electron chi connectivity index (χ0n) is 17.9. The molecule has 0 aliphatic heterocycles. The van der Waals surface area contributed by atoms with Gasteiger partial charge in [-0.1, -0.05) is 42.0 Å². The first-order valence-electron chi connectivity index (χ1n) is 10.4. The SMILES string of the molecule is Cc1ccc(Cn2c(=O)n(CCCCC(=O)NC(C)C)c(=O)c3ccccc32)cc1. The summed E-state index contributed by atoms with van der Waals surface area (Å²) in [5.41, 5.74) is 2.21. The van der Waals surface area contributed by atoms with Gasteiger partial charge in [-0.25, -0.2) is 4.79 Å². The van der Waals surface area contributed by atoms with Crippen molar-refractivity contribution in [2.75, 3.05) is 0 Å². The quantitative estimate of drug-likeness (QED) is 0.583. The van der Waals surface area contributed by atoms with Crippen LogP contribution in [-0.2, 0) is 17.9 Å². The molecular weight excluding hydrogens is 378 g/mol. The number of para-hydroxylation sites is 1. The van der Waals surface area contributed by atoms with Crippen LogP contribution in [-0.4, -0.2) is 21.1 Å². The minimum Gasteiger partial charge on any atom is -0.354 e. The molecule has 0 saturated heterocycles. The van der Waals surface area contributed by atoms with Gasteiger partial charge in [0.2, 0.25) is 5.91 Å². The second-order valence-corrected chi connectivity index (χ2v) is 8.01. The molecule has 0 saturated carbocycles. The van der Waals surface area contributed by atoms with E-state index in [9.17, 15) is 14.4 Å². The molecule has 158 valence electrons. The van der Waals surface area contributed by atoms with E-state index in [4.69, 9.17) is 0 Å². The van der Waals surface area contributed by atoms with Crippen molar-refractivity contribution in [1.29, 1.82) is 0 Å². The third-order valence-corrected chi connectivity index (χ3v) is 5.08. The van der Waals surface area contributed by atoms with E-state index < -0.39 is 0 Å². The van der Waals surface area contributed by atoms with Crippen molar-refractivity contribution in [3.05, 3.63) is 80.5 Å². The lowest BCUT2D eigenvalue weighted by Crippen LogP contribution is -2.40. The maximum Gasteiger partial charge on any atom is 0.331 e. The molecule has 3 aromatic rings. The Hall–Kier alpha value is -3.15. The van der Waals surface area contributed by atoms with Crippen molar-refractivity contribution in [2.45, 2.75) is 59.2 Å². The second-order valence-electron chi connectivity index (χ2n) is 8.01. The highest BCUT2D eigenvalue weighted by atomic mass is 16.2. The van der Waals surface area contributed by atoms with Crippen LogP contribution in [0.4, 0.5) is 0 Å². The molecule has 0 fully saturated rings. The topological polar surface area (TPSA) is 73.1 Å². The van der Waals surface area contributed by atoms with E-state index in [0.717, 1.165) is 11.1 Å². The van der Waals surface area contributed by atoms with Gasteiger partial charge in [-0.2, -0.15) is 0 Å². The van der Waals surface area contributed by atoms with E-state index in [1.54, 1.807) is 10.6 Å². The number of nitrogens with one attached hydrogen (secondary N) is 1. The Balaban J connectivity index is 1.87. The van der Waals surface area contributed by atoms with Crippen molar-refractivity contribution in [3.8, 4) is 0 Å². The highest BCUT2D eigenvalue weighted by Gasteiger charge is 2.13. The lowest BCUT2D eigenvalue weighted by Gasteiger charge is -2.14. The number of aromatic nitrogens is 2. The fraction of sp³-hybridized carbons (Fsp3) is 0.375. The van der Waals surface area contributed by atoms with Gasteiger partial charge in [-0.05, 0) is 51.3 Å². The summed E-state index contributed by atoms with van der Waals surface area (Å²) in [6.45, 7) is 6.56. The van der Waals surface area contributed by atoms with Crippen LogP contribution in [0, 0.1) is 6.92 Å². The van der Waals surface area contributed by atoms with E-state index in [1.807, 2.05) is 63.2 Å².